The lowest BCUT2D eigenvalue weighted by atomic mass is 10.1. The van der Waals surface area contributed by atoms with Crippen LogP contribution in [-0.2, 0) is 4.79 Å². The van der Waals surface area contributed by atoms with Crippen molar-refractivity contribution in [2.24, 2.45) is 0 Å². The van der Waals surface area contributed by atoms with Crippen molar-refractivity contribution >= 4 is 22.7 Å². The highest BCUT2D eigenvalue weighted by Crippen LogP contribution is 2.30. The van der Waals surface area contributed by atoms with Crippen LogP contribution in [0.25, 0.3) is 10.9 Å². The summed E-state index contributed by atoms with van der Waals surface area (Å²) in [6.07, 6.45) is -0.851. The molecule has 7 nitrogen and oxygen atoms in total. The standard InChI is InChI=1S/C20H17N3O4/c1-12-10-14(13-6-2-3-7-15(13)21-12)19(24)22-23-20(25)18-11-26-16-8-4-5-9-17(16)27-18/h2-10,18H,11H2,1H3,(H,22,24)(H,23,25)/t18-/m1/s1. The van der Waals surface area contributed by atoms with Gasteiger partial charge >= 0.3 is 0 Å². The van der Waals surface area contributed by atoms with E-state index in [1.54, 1.807) is 24.3 Å². The Morgan fingerprint density at radius 2 is 1.78 bits per heavy atom. The second kappa shape index (κ2) is 6.95. The fraction of sp³-hybridized carbons (Fsp3) is 0.150. The minimum atomic E-state index is -0.851. The molecule has 0 unspecified atom stereocenters. The minimum absolute atomic E-state index is 0.0655. The fourth-order valence-electron chi connectivity index (χ4n) is 2.91. The second-order valence-electron chi connectivity index (χ2n) is 6.14. The number of aromatic nitrogens is 1. The molecule has 4 rings (SSSR count). The van der Waals surface area contributed by atoms with Crippen molar-refractivity contribution in [3.63, 3.8) is 0 Å². The van der Waals surface area contributed by atoms with Crippen LogP contribution in [0.5, 0.6) is 11.5 Å². The van der Waals surface area contributed by atoms with Crippen molar-refractivity contribution in [1.29, 1.82) is 0 Å². The van der Waals surface area contributed by atoms with Crippen molar-refractivity contribution in [2.45, 2.75) is 13.0 Å². The van der Waals surface area contributed by atoms with Crippen LogP contribution in [0.15, 0.2) is 54.6 Å². The number of hydrogen-bond acceptors (Lipinski definition) is 5. The van der Waals surface area contributed by atoms with Crippen LogP contribution < -0.4 is 20.3 Å². The molecule has 2 aromatic carbocycles. The number of aryl methyl sites for hydroxylation is 1. The van der Waals surface area contributed by atoms with E-state index in [4.69, 9.17) is 9.47 Å². The number of nitrogens with one attached hydrogen (secondary N) is 2. The topological polar surface area (TPSA) is 89.6 Å². The fourth-order valence-corrected chi connectivity index (χ4v) is 2.91. The number of fused-ring (bicyclic) bond motifs is 2. The molecule has 3 aromatic rings. The Hall–Kier alpha value is -3.61. The van der Waals surface area contributed by atoms with Gasteiger partial charge in [-0.05, 0) is 31.2 Å². The predicted octanol–water partition coefficient (Wildman–Crippen LogP) is 2.14. The van der Waals surface area contributed by atoms with Crippen molar-refractivity contribution < 1.29 is 19.1 Å². The minimum Gasteiger partial charge on any atom is -0.485 e. The summed E-state index contributed by atoms with van der Waals surface area (Å²) in [5.41, 5.74) is 6.70. The third kappa shape index (κ3) is 3.39. The molecule has 2 N–H and O–H groups in total. The van der Waals surface area contributed by atoms with Gasteiger partial charge in [-0.15, -0.1) is 0 Å². The first-order valence-corrected chi connectivity index (χ1v) is 8.47. The number of pyridine rings is 1. The highest BCUT2D eigenvalue weighted by molar-refractivity contribution is 6.06. The lowest BCUT2D eigenvalue weighted by Crippen LogP contribution is -2.50. The first-order valence-electron chi connectivity index (χ1n) is 8.47. The molecule has 2 amide bonds. The van der Waals surface area contributed by atoms with Crippen LogP contribution in [0.2, 0.25) is 0 Å². The summed E-state index contributed by atoms with van der Waals surface area (Å²) in [4.78, 5) is 29.3. The third-order valence-electron chi connectivity index (χ3n) is 4.19. The van der Waals surface area contributed by atoms with Crippen LogP contribution in [0, 0.1) is 6.92 Å². The maximum Gasteiger partial charge on any atom is 0.283 e. The Bertz CT molecular complexity index is 1030. The van der Waals surface area contributed by atoms with Crippen molar-refractivity contribution in [3.8, 4) is 11.5 Å². The summed E-state index contributed by atoms with van der Waals surface area (Å²) in [5.74, 6) is 0.158. The number of rotatable bonds is 2. The van der Waals surface area contributed by atoms with E-state index in [9.17, 15) is 9.59 Å². The van der Waals surface area contributed by atoms with E-state index in [0.29, 0.717) is 28.1 Å². The molecule has 0 spiro atoms. The van der Waals surface area contributed by atoms with E-state index in [0.717, 1.165) is 5.52 Å². The van der Waals surface area contributed by atoms with Crippen LogP contribution in [0.1, 0.15) is 16.1 Å². The molecular weight excluding hydrogens is 346 g/mol. The van der Waals surface area contributed by atoms with Gasteiger partial charge in [0.2, 0.25) is 6.10 Å². The van der Waals surface area contributed by atoms with E-state index >= 15 is 0 Å². The van der Waals surface area contributed by atoms with Crippen LogP contribution >= 0.6 is 0 Å². The smallest absolute Gasteiger partial charge is 0.283 e. The molecule has 1 aromatic heterocycles. The van der Waals surface area contributed by atoms with Gasteiger partial charge < -0.3 is 9.47 Å². The van der Waals surface area contributed by atoms with Gasteiger partial charge in [-0.25, -0.2) is 0 Å². The number of carbonyl (C=O) groups excluding carboxylic acids is 2. The number of hydrazine groups is 1. The summed E-state index contributed by atoms with van der Waals surface area (Å²) in [5, 5.41) is 0.709. The molecule has 7 heteroatoms. The lowest BCUT2D eigenvalue weighted by Gasteiger charge is -2.25. The lowest BCUT2D eigenvalue weighted by molar-refractivity contribution is -0.131. The van der Waals surface area contributed by atoms with Gasteiger partial charge in [0.1, 0.15) is 6.61 Å². The maximum absolute atomic E-state index is 12.6. The highest BCUT2D eigenvalue weighted by atomic mass is 16.6. The Labute approximate surface area is 155 Å². The van der Waals surface area contributed by atoms with Gasteiger partial charge in [0.15, 0.2) is 11.5 Å². The van der Waals surface area contributed by atoms with Gasteiger partial charge in [-0.2, -0.15) is 0 Å². The average molecular weight is 363 g/mol. The number of hydrogen-bond donors (Lipinski definition) is 2. The predicted molar refractivity (Wildman–Crippen MR) is 98.4 cm³/mol. The van der Waals surface area contributed by atoms with Crippen LogP contribution in [0.3, 0.4) is 0 Å². The molecule has 0 radical (unpaired) electrons. The van der Waals surface area contributed by atoms with Crippen molar-refractivity contribution in [3.05, 3.63) is 65.9 Å². The number of amides is 2. The summed E-state index contributed by atoms with van der Waals surface area (Å²) >= 11 is 0. The second-order valence-corrected chi connectivity index (χ2v) is 6.14. The van der Waals surface area contributed by atoms with Gasteiger partial charge in [0.25, 0.3) is 11.8 Å². The van der Waals surface area contributed by atoms with Gasteiger partial charge in [0.05, 0.1) is 11.1 Å². The molecule has 0 aliphatic carbocycles. The monoisotopic (exact) mass is 363 g/mol. The first-order chi connectivity index (χ1) is 13.1. The number of ether oxygens (including phenoxy) is 2. The Morgan fingerprint density at radius 1 is 1.04 bits per heavy atom. The van der Waals surface area contributed by atoms with E-state index in [1.165, 1.54) is 0 Å². The number of nitrogens with zero attached hydrogens (tertiary/aromatic N) is 1. The Morgan fingerprint density at radius 3 is 2.63 bits per heavy atom. The SMILES string of the molecule is Cc1cc(C(=O)NNC(=O)[C@H]2COc3ccccc3O2)c2ccccc2n1. The average Bonchev–Trinajstić information content (AvgIpc) is 2.70. The largest absolute Gasteiger partial charge is 0.485 e. The van der Waals surface area contributed by atoms with E-state index in [-0.39, 0.29) is 6.61 Å². The Kier molecular flexibility index (Phi) is 4.33. The number of carbonyl (C=O) groups is 2. The summed E-state index contributed by atoms with van der Waals surface area (Å²) in [6.45, 7) is 1.88. The molecule has 0 bridgehead atoms. The molecule has 27 heavy (non-hydrogen) atoms. The molecule has 1 aliphatic heterocycles. The number of benzene rings is 2. The van der Waals surface area contributed by atoms with Gasteiger partial charge in [-0.3, -0.25) is 25.4 Å². The zero-order chi connectivity index (χ0) is 18.8. The van der Waals surface area contributed by atoms with E-state index < -0.39 is 17.9 Å². The van der Waals surface area contributed by atoms with E-state index in [1.807, 2.05) is 37.3 Å². The zero-order valence-electron chi connectivity index (χ0n) is 14.6. The van der Waals surface area contributed by atoms with Gasteiger partial charge in [0, 0.05) is 11.1 Å². The molecule has 136 valence electrons. The van der Waals surface area contributed by atoms with Gasteiger partial charge in [-0.1, -0.05) is 30.3 Å². The third-order valence-corrected chi connectivity index (χ3v) is 4.19. The first kappa shape index (κ1) is 16.8. The summed E-state index contributed by atoms with van der Waals surface area (Å²) in [7, 11) is 0. The molecular formula is C20H17N3O4. The molecule has 0 fully saturated rings. The molecule has 1 aliphatic rings. The van der Waals surface area contributed by atoms with E-state index in [2.05, 4.69) is 15.8 Å². The quantitative estimate of drug-likeness (QED) is 0.681. The van der Waals surface area contributed by atoms with Crippen molar-refractivity contribution in [2.75, 3.05) is 6.61 Å². The Balaban J connectivity index is 1.45. The van der Waals surface area contributed by atoms with Crippen molar-refractivity contribution in [1.82, 2.24) is 15.8 Å². The summed E-state index contributed by atoms with van der Waals surface area (Å²) < 4.78 is 11.1. The molecule has 1 atom stereocenters. The van der Waals surface area contributed by atoms with Crippen LogP contribution in [0.4, 0.5) is 0 Å². The zero-order valence-corrected chi connectivity index (χ0v) is 14.6. The van der Waals surface area contributed by atoms with Crippen LogP contribution in [-0.4, -0.2) is 29.5 Å². The maximum atomic E-state index is 12.6. The highest BCUT2D eigenvalue weighted by Gasteiger charge is 2.27. The molecule has 0 saturated carbocycles. The summed E-state index contributed by atoms with van der Waals surface area (Å²) in [6, 6.07) is 16.1. The number of para-hydroxylation sites is 3. The molecule has 2 heterocycles. The molecule has 0 saturated heterocycles. The normalized spacial score (nSPS) is 15.2.